The maximum absolute atomic E-state index is 5.18. The van der Waals surface area contributed by atoms with Crippen molar-refractivity contribution in [1.29, 1.82) is 0 Å². The second-order valence-corrected chi connectivity index (χ2v) is 2.22. The minimum atomic E-state index is 0.692. The summed E-state index contributed by atoms with van der Waals surface area (Å²) >= 11 is 0. The van der Waals surface area contributed by atoms with Gasteiger partial charge in [0.2, 0.25) is 0 Å². The Morgan fingerprint density at radius 1 is 1.73 bits per heavy atom. The third kappa shape index (κ3) is 2.06. The fraction of sp³-hybridized carbons (Fsp3) is 0.222. The van der Waals surface area contributed by atoms with Crippen LogP contribution in [0.25, 0.3) is 0 Å². The predicted octanol–water partition coefficient (Wildman–Crippen LogP) is 0.782. The van der Waals surface area contributed by atoms with Crippen molar-refractivity contribution in [1.82, 2.24) is 10.3 Å². The summed E-state index contributed by atoms with van der Waals surface area (Å²) in [5.74, 6) is 2.49. The van der Waals surface area contributed by atoms with Crippen LogP contribution in [0.1, 0.15) is 11.3 Å². The Hall–Kier alpha value is -1.33. The molecule has 0 aliphatic carbocycles. The molecule has 1 heterocycles. The highest BCUT2D eigenvalue weighted by molar-refractivity contribution is 5.28. The van der Waals surface area contributed by atoms with Gasteiger partial charge in [-0.15, -0.1) is 6.42 Å². The summed E-state index contributed by atoms with van der Waals surface area (Å²) in [5.41, 5.74) is 1.85. The molecule has 2 heteroatoms. The number of pyridine rings is 1. The number of rotatable bonds is 2. The molecule has 0 amide bonds. The second kappa shape index (κ2) is 3.75. The van der Waals surface area contributed by atoms with Gasteiger partial charge in [-0.2, -0.15) is 0 Å². The molecule has 0 radical (unpaired) electrons. The van der Waals surface area contributed by atoms with Gasteiger partial charge in [0, 0.05) is 12.7 Å². The molecule has 1 aromatic heterocycles. The lowest BCUT2D eigenvalue weighted by molar-refractivity contribution is 0.815. The summed E-state index contributed by atoms with van der Waals surface area (Å²) < 4.78 is 0. The first-order valence-corrected chi connectivity index (χ1v) is 3.43. The third-order valence-corrected chi connectivity index (χ3v) is 1.35. The maximum Gasteiger partial charge on any atom is 0.113 e. The Morgan fingerprint density at radius 2 is 2.55 bits per heavy atom. The molecule has 0 atom stereocenters. The molecule has 0 spiro atoms. The number of nitrogens with zero attached hydrogens (tertiary/aromatic N) is 1. The average molecular weight is 146 g/mol. The highest BCUT2D eigenvalue weighted by atomic mass is 14.8. The highest BCUT2D eigenvalue weighted by Crippen LogP contribution is 1.99. The summed E-state index contributed by atoms with van der Waals surface area (Å²) in [6.45, 7) is 0.831. The molecule has 0 saturated heterocycles. The van der Waals surface area contributed by atoms with Gasteiger partial charge in [-0.3, -0.25) is 0 Å². The fourth-order valence-corrected chi connectivity index (χ4v) is 0.867. The van der Waals surface area contributed by atoms with Crippen molar-refractivity contribution >= 4 is 0 Å². The van der Waals surface area contributed by atoms with Crippen molar-refractivity contribution in [3.63, 3.8) is 0 Å². The zero-order valence-corrected chi connectivity index (χ0v) is 6.46. The molecule has 0 fully saturated rings. The van der Waals surface area contributed by atoms with E-state index in [4.69, 9.17) is 6.42 Å². The van der Waals surface area contributed by atoms with E-state index in [0.29, 0.717) is 5.69 Å². The number of nitrogens with one attached hydrogen (secondary N) is 1. The van der Waals surface area contributed by atoms with Crippen molar-refractivity contribution in [2.24, 2.45) is 0 Å². The van der Waals surface area contributed by atoms with Crippen LogP contribution in [0.15, 0.2) is 18.3 Å². The summed E-state index contributed by atoms with van der Waals surface area (Å²) in [5, 5.41) is 3.04. The van der Waals surface area contributed by atoms with Crippen molar-refractivity contribution in [2.75, 3.05) is 7.05 Å². The number of terminal acetylenes is 1. The van der Waals surface area contributed by atoms with Gasteiger partial charge in [0.05, 0.1) is 0 Å². The van der Waals surface area contributed by atoms with Gasteiger partial charge in [0.1, 0.15) is 5.69 Å². The Bertz CT molecular complexity index is 273. The van der Waals surface area contributed by atoms with Crippen molar-refractivity contribution in [3.05, 3.63) is 29.6 Å². The largest absolute Gasteiger partial charge is 0.316 e. The molecule has 1 N–H and O–H groups in total. The topological polar surface area (TPSA) is 24.9 Å². The number of hydrogen-bond acceptors (Lipinski definition) is 2. The molecule has 0 unspecified atom stereocenters. The first-order chi connectivity index (χ1) is 5.36. The van der Waals surface area contributed by atoms with E-state index in [1.165, 1.54) is 0 Å². The van der Waals surface area contributed by atoms with Crippen LogP contribution in [0.2, 0.25) is 0 Å². The standard InChI is InChI=1S/C9H10N2/c1-3-9-6-8(7-10-2)4-5-11-9/h1,4-6,10H,7H2,2H3. The average Bonchev–Trinajstić information content (AvgIpc) is 2.06. The maximum atomic E-state index is 5.18. The minimum absolute atomic E-state index is 0.692. The fourth-order valence-electron chi connectivity index (χ4n) is 0.867. The van der Waals surface area contributed by atoms with E-state index in [0.717, 1.165) is 12.1 Å². The van der Waals surface area contributed by atoms with Crippen LogP contribution >= 0.6 is 0 Å². The smallest absolute Gasteiger partial charge is 0.113 e. The van der Waals surface area contributed by atoms with Gasteiger partial charge in [-0.1, -0.05) is 5.92 Å². The molecule has 0 saturated carbocycles. The van der Waals surface area contributed by atoms with Crippen molar-refractivity contribution in [3.8, 4) is 12.3 Å². The molecule has 2 nitrogen and oxygen atoms in total. The first-order valence-electron chi connectivity index (χ1n) is 3.43. The third-order valence-electron chi connectivity index (χ3n) is 1.35. The van der Waals surface area contributed by atoms with Gasteiger partial charge < -0.3 is 5.32 Å². The molecule has 0 bridgehead atoms. The lowest BCUT2D eigenvalue weighted by Crippen LogP contribution is -2.05. The summed E-state index contributed by atoms with van der Waals surface area (Å²) in [7, 11) is 1.90. The Morgan fingerprint density at radius 3 is 3.18 bits per heavy atom. The Labute approximate surface area is 66.7 Å². The Balaban J connectivity index is 2.85. The summed E-state index contributed by atoms with van der Waals surface area (Å²) in [6, 6.07) is 3.84. The molecular weight excluding hydrogens is 136 g/mol. The number of hydrogen-bond donors (Lipinski definition) is 1. The van der Waals surface area contributed by atoms with Crippen LogP contribution in [0.5, 0.6) is 0 Å². The molecule has 11 heavy (non-hydrogen) atoms. The minimum Gasteiger partial charge on any atom is -0.316 e. The molecule has 0 aromatic carbocycles. The second-order valence-electron chi connectivity index (χ2n) is 2.22. The van der Waals surface area contributed by atoms with E-state index in [2.05, 4.69) is 16.2 Å². The zero-order chi connectivity index (χ0) is 8.10. The number of aromatic nitrogens is 1. The lowest BCUT2D eigenvalue weighted by atomic mass is 10.2. The zero-order valence-electron chi connectivity index (χ0n) is 6.46. The lowest BCUT2D eigenvalue weighted by Gasteiger charge is -1.98. The van der Waals surface area contributed by atoms with E-state index in [-0.39, 0.29) is 0 Å². The van der Waals surface area contributed by atoms with Crippen LogP contribution in [0.3, 0.4) is 0 Å². The van der Waals surface area contributed by atoms with E-state index >= 15 is 0 Å². The van der Waals surface area contributed by atoms with Gasteiger partial charge in [0.15, 0.2) is 0 Å². The van der Waals surface area contributed by atoms with E-state index in [1.54, 1.807) is 6.20 Å². The quantitative estimate of drug-likeness (QED) is 0.624. The predicted molar refractivity (Wildman–Crippen MR) is 44.9 cm³/mol. The van der Waals surface area contributed by atoms with Crippen LogP contribution in [-0.2, 0) is 6.54 Å². The van der Waals surface area contributed by atoms with Crippen LogP contribution in [-0.4, -0.2) is 12.0 Å². The van der Waals surface area contributed by atoms with Crippen molar-refractivity contribution < 1.29 is 0 Å². The molecule has 1 rings (SSSR count). The Kier molecular flexibility index (Phi) is 2.65. The van der Waals surface area contributed by atoms with Gasteiger partial charge in [-0.25, -0.2) is 4.98 Å². The molecular formula is C9H10N2. The van der Waals surface area contributed by atoms with Crippen LogP contribution < -0.4 is 5.32 Å². The van der Waals surface area contributed by atoms with Gasteiger partial charge in [-0.05, 0) is 24.7 Å². The van der Waals surface area contributed by atoms with Crippen LogP contribution in [0, 0.1) is 12.3 Å². The van der Waals surface area contributed by atoms with Crippen LogP contribution in [0.4, 0.5) is 0 Å². The molecule has 0 aliphatic rings. The van der Waals surface area contributed by atoms with Crippen molar-refractivity contribution in [2.45, 2.75) is 6.54 Å². The normalized spacial score (nSPS) is 9.09. The molecule has 1 aromatic rings. The molecule has 56 valence electrons. The first kappa shape index (κ1) is 7.77. The monoisotopic (exact) mass is 146 g/mol. The van der Waals surface area contributed by atoms with E-state index in [1.807, 2.05) is 19.2 Å². The van der Waals surface area contributed by atoms with Gasteiger partial charge >= 0.3 is 0 Å². The summed E-state index contributed by atoms with van der Waals surface area (Å²) in [4.78, 5) is 3.98. The van der Waals surface area contributed by atoms with E-state index in [9.17, 15) is 0 Å². The molecule has 0 aliphatic heterocycles. The summed E-state index contributed by atoms with van der Waals surface area (Å²) in [6.07, 6.45) is 6.91. The van der Waals surface area contributed by atoms with Gasteiger partial charge in [0.25, 0.3) is 0 Å². The van der Waals surface area contributed by atoms with E-state index < -0.39 is 0 Å². The SMILES string of the molecule is C#Cc1cc(CNC)ccn1. The highest BCUT2D eigenvalue weighted by Gasteiger charge is 1.91.